The summed E-state index contributed by atoms with van der Waals surface area (Å²) in [5.74, 6) is -0.590. The Bertz CT molecular complexity index is 294. The van der Waals surface area contributed by atoms with Crippen LogP contribution < -0.4 is 0 Å². The van der Waals surface area contributed by atoms with E-state index in [1.165, 1.54) is 0 Å². The summed E-state index contributed by atoms with van der Waals surface area (Å²) in [4.78, 5) is 23.9. The molecule has 0 aliphatic rings. The summed E-state index contributed by atoms with van der Waals surface area (Å²) in [5, 5.41) is 0. The minimum atomic E-state index is -0.283. The lowest BCUT2D eigenvalue weighted by molar-refractivity contribution is -0.149. The second kappa shape index (κ2) is 13.3. The molecule has 21 heavy (non-hydrogen) atoms. The van der Waals surface area contributed by atoms with Crippen molar-refractivity contribution in [1.82, 2.24) is 0 Å². The van der Waals surface area contributed by atoms with Crippen LogP contribution in [-0.4, -0.2) is 29.1 Å². The van der Waals surface area contributed by atoms with Gasteiger partial charge >= 0.3 is 11.9 Å². The van der Waals surface area contributed by atoms with E-state index in [9.17, 15) is 9.59 Å². The molecule has 0 fully saturated rings. The van der Waals surface area contributed by atoms with E-state index < -0.39 is 0 Å². The lowest BCUT2D eigenvalue weighted by Crippen LogP contribution is -2.26. The van der Waals surface area contributed by atoms with Gasteiger partial charge in [0.15, 0.2) is 0 Å². The Kier molecular flexibility index (Phi) is 13.1. The molecule has 0 bridgehead atoms. The largest absolute Gasteiger partial charge is 0.465 e. The SMILES string of the molecule is CCCCOC(=O)C(I)CC(CCC)C(=O)OCCCC. The van der Waals surface area contributed by atoms with Crippen molar-refractivity contribution in [2.24, 2.45) is 5.92 Å². The molecule has 124 valence electrons. The summed E-state index contributed by atoms with van der Waals surface area (Å²) in [6, 6.07) is 0. The van der Waals surface area contributed by atoms with Gasteiger partial charge in [-0.3, -0.25) is 9.59 Å². The van der Waals surface area contributed by atoms with E-state index in [4.69, 9.17) is 9.47 Å². The fourth-order valence-corrected chi connectivity index (χ4v) is 2.66. The van der Waals surface area contributed by atoms with E-state index in [1.807, 2.05) is 6.92 Å². The molecule has 2 atom stereocenters. The third-order valence-electron chi connectivity index (χ3n) is 3.20. The van der Waals surface area contributed by atoms with Gasteiger partial charge in [0.1, 0.15) is 3.92 Å². The third-order valence-corrected chi connectivity index (χ3v) is 4.22. The number of unbranched alkanes of at least 4 members (excludes halogenated alkanes) is 2. The quantitative estimate of drug-likeness (QED) is 0.208. The van der Waals surface area contributed by atoms with Crippen molar-refractivity contribution in [3.05, 3.63) is 0 Å². The highest BCUT2D eigenvalue weighted by Crippen LogP contribution is 2.21. The fraction of sp³-hybridized carbons (Fsp3) is 0.875. The van der Waals surface area contributed by atoms with Crippen molar-refractivity contribution >= 4 is 34.5 Å². The van der Waals surface area contributed by atoms with E-state index in [0.29, 0.717) is 19.6 Å². The molecule has 0 radical (unpaired) electrons. The maximum Gasteiger partial charge on any atom is 0.318 e. The molecule has 0 aromatic rings. The van der Waals surface area contributed by atoms with Crippen LogP contribution in [0.5, 0.6) is 0 Å². The molecule has 0 rings (SSSR count). The second-order valence-electron chi connectivity index (χ2n) is 5.23. The molecule has 0 N–H and O–H groups in total. The standard InChI is InChI=1S/C16H29IO4/c1-4-7-10-20-15(18)13(9-6-3)12-14(17)16(19)21-11-8-5-2/h13-14H,4-12H2,1-3H3. The Balaban J connectivity index is 4.26. The highest BCUT2D eigenvalue weighted by molar-refractivity contribution is 14.1. The molecular formula is C16H29IO4. The second-order valence-corrected chi connectivity index (χ2v) is 6.73. The summed E-state index contributed by atoms with van der Waals surface area (Å²) in [7, 11) is 0. The Labute approximate surface area is 142 Å². The van der Waals surface area contributed by atoms with E-state index in [2.05, 4.69) is 36.4 Å². The van der Waals surface area contributed by atoms with Gasteiger partial charge in [0, 0.05) is 0 Å². The van der Waals surface area contributed by atoms with Gasteiger partial charge in [-0.05, 0) is 25.7 Å². The zero-order valence-corrected chi connectivity index (χ0v) is 15.7. The molecule has 0 aromatic heterocycles. The summed E-state index contributed by atoms with van der Waals surface area (Å²) in [6.45, 7) is 7.09. The summed E-state index contributed by atoms with van der Waals surface area (Å²) < 4.78 is 10.2. The van der Waals surface area contributed by atoms with Crippen molar-refractivity contribution in [1.29, 1.82) is 0 Å². The monoisotopic (exact) mass is 412 g/mol. The minimum Gasteiger partial charge on any atom is -0.465 e. The third kappa shape index (κ3) is 10.1. The number of hydrogen-bond acceptors (Lipinski definition) is 4. The number of esters is 2. The van der Waals surface area contributed by atoms with Gasteiger partial charge in [-0.15, -0.1) is 0 Å². The fourth-order valence-electron chi connectivity index (χ4n) is 1.87. The molecule has 0 amide bonds. The summed E-state index contributed by atoms with van der Waals surface area (Å²) >= 11 is 2.07. The van der Waals surface area contributed by atoms with Crippen LogP contribution >= 0.6 is 22.6 Å². The van der Waals surface area contributed by atoms with Crippen molar-refractivity contribution < 1.29 is 19.1 Å². The Hall–Kier alpha value is -0.330. The number of halogens is 1. The maximum absolute atomic E-state index is 12.0. The minimum absolute atomic E-state index is 0.173. The zero-order valence-electron chi connectivity index (χ0n) is 13.5. The van der Waals surface area contributed by atoms with E-state index in [-0.39, 0.29) is 21.8 Å². The number of carbonyl (C=O) groups excluding carboxylic acids is 2. The van der Waals surface area contributed by atoms with Crippen LogP contribution in [0.2, 0.25) is 0 Å². The van der Waals surface area contributed by atoms with Crippen LogP contribution in [0.4, 0.5) is 0 Å². The van der Waals surface area contributed by atoms with Gasteiger partial charge in [-0.2, -0.15) is 0 Å². The van der Waals surface area contributed by atoms with E-state index >= 15 is 0 Å². The highest BCUT2D eigenvalue weighted by atomic mass is 127. The molecule has 0 heterocycles. The normalized spacial score (nSPS) is 13.5. The number of rotatable bonds is 12. The van der Waals surface area contributed by atoms with Gasteiger partial charge in [0.05, 0.1) is 19.1 Å². The average Bonchev–Trinajstić information content (AvgIpc) is 2.46. The smallest absolute Gasteiger partial charge is 0.318 e. The molecule has 4 nitrogen and oxygen atoms in total. The van der Waals surface area contributed by atoms with E-state index in [0.717, 1.165) is 38.5 Å². The van der Waals surface area contributed by atoms with Gasteiger partial charge in [0.2, 0.25) is 0 Å². The Morgan fingerprint density at radius 1 is 0.905 bits per heavy atom. The van der Waals surface area contributed by atoms with Crippen molar-refractivity contribution in [3.8, 4) is 0 Å². The number of ether oxygens (including phenoxy) is 2. The predicted octanol–water partition coefficient (Wildman–Crippen LogP) is 4.28. The lowest BCUT2D eigenvalue weighted by Gasteiger charge is -2.18. The lowest BCUT2D eigenvalue weighted by atomic mass is 9.98. The topological polar surface area (TPSA) is 52.6 Å². The van der Waals surface area contributed by atoms with Crippen LogP contribution in [0.15, 0.2) is 0 Å². The highest BCUT2D eigenvalue weighted by Gasteiger charge is 2.26. The van der Waals surface area contributed by atoms with Crippen LogP contribution in [0, 0.1) is 5.92 Å². The maximum atomic E-state index is 12.0. The molecule has 0 saturated carbocycles. The van der Waals surface area contributed by atoms with Gasteiger partial charge in [0.25, 0.3) is 0 Å². The first-order chi connectivity index (χ1) is 10.1. The molecule has 0 aliphatic heterocycles. The summed E-state index contributed by atoms with van der Waals surface area (Å²) in [5.41, 5.74) is 0. The van der Waals surface area contributed by atoms with Crippen LogP contribution in [0.1, 0.15) is 65.7 Å². The Morgan fingerprint density at radius 3 is 1.90 bits per heavy atom. The zero-order chi connectivity index (χ0) is 16.1. The van der Waals surface area contributed by atoms with Gasteiger partial charge < -0.3 is 9.47 Å². The van der Waals surface area contributed by atoms with Gasteiger partial charge in [-0.25, -0.2) is 0 Å². The van der Waals surface area contributed by atoms with E-state index in [1.54, 1.807) is 0 Å². The summed E-state index contributed by atoms with van der Waals surface area (Å²) in [6.07, 6.45) is 5.94. The molecular weight excluding hydrogens is 383 g/mol. The molecule has 0 spiro atoms. The number of alkyl halides is 1. The molecule has 0 aliphatic carbocycles. The predicted molar refractivity (Wildman–Crippen MR) is 92.6 cm³/mol. The van der Waals surface area contributed by atoms with Crippen LogP contribution in [0.3, 0.4) is 0 Å². The van der Waals surface area contributed by atoms with Gasteiger partial charge in [-0.1, -0.05) is 62.6 Å². The Morgan fingerprint density at radius 2 is 1.43 bits per heavy atom. The van der Waals surface area contributed by atoms with Crippen molar-refractivity contribution in [3.63, 3.8) is 0 Å². The molecule has 0 aromatic carbocycles. The van der Waals surface area contributed by atoms with Crippen molar-refractivity contribution in [2.75, 3.05) is 13.2 Å². The van der Waals surface area contributed by atoms with Crippen molar-refractivity contribution in [2.45, 2.75) is 69.6 Å². The first kappa shape index (κ1) is 20.7. The molecule has 2 unspecified atom stereocenters. The molecule has 0 saturated heterocycles. The first-order valence-corrected chi connectivity index (χ1v) is 9.28. The molecule has 5 heteroatoms. The number of carbonyl (C=O) groups is 2. The first-order valence-electron chi connectivity index (χ1n) is 8.04. The van der Waals surface area contributed by atoms with Crippen LogP contribution in [-0.2, 0) is 19.1 Å². The van der Waals surface area contributed by atoms with Crippen LogP contribution in [0.25, 0.3) is 0 Å². The average molecular weight is 412 g/mol. The number of hydrogen-bond donors (Lipinski definition) is 0.